The Morgan fingerprint density at radius 3 is 2.43 bits per heavy atom. The van der Waals surface area contributed by atoms with Crippen molar-refractivity contribution >= 4 is 11.8 Å². The normalized spacial score (nSPS) is 17.8. The van der Waals surface area contributed by atoms with Gasteiger partial charge in [0.15, 0.2) is 0 Å². The molecule has 1 saturated heterocycles. The van der Waals surface area contributed by atoms with Crippen molar-refractivity contribution in [3.8, 4) is 11.5 Å². The summed E-state index contributed by atoms with van der Waals surface area (Å²) in [5.74, 6) is 0.969. The number of rotatable bonds is 5. The van der Waals surface area contributed by atoms with Crippen LogP contribution in [0.3, 0.4) is 0 Å². The van der Waals surface area contributed by atoms with Crippen LogP contribution in [-0.4, -0.2) is 49.1 Å². The highest BCUT2D eigenvalue weighted by molar-refractivity contribution is 6.03. The fourth-order valence-electron chi connectivity index (χ4n) is 2.07. The van der Waals surface area contributed by atoms with Crippen LogP contribution in [0.4, 0.5) is 0 Å². The third-order valence-electron chi connectivity index (χ3n) is 3.41. The molecule has 114 valence electrons. The largest absolute Gasteiger partial charge is 0.497 e. The summed E-state index contributed by atoms with van der Waals surface area (Å²) < 4.78 is 10.6. The first-order chi connectivity index (χ1) is 9.94. The summed E-state index contributed by atoms with van der Waals surface area (Å²) in [6, 6.07) is 7.15. The van der Waals surface area contributed by atoms with Gasteiger partial charge in [0, 0.05) is 0 Å². The standard InChI is InChI=1S/C15H20N2O4/c1-15(2)14(19)17(13(18)10-16-15)8-9-21-12-6-4-11(20-3)5-7-12/h4-7,16H,8-10H2,1-3H3. The second kappa shape index (κ2) is 6.13. The zero-order valence-electron chi connectivity index (χ0n) is 12.5. The van der Waals surface area contributed by atoms with Crippen molar-refractivity contribution in [2.24, 2.45) is 0 Å². The van der Waals surface area contributed by atoms with E-state index in [1.165, 1.54) is 4.90 Å². The summed E-state index contributed by atoms with van der Waals surface area (Å²) in [5.41, 5.74) is -0.714. The van der Waals surface area contributed by atoms with Gasteiger partial charge in [0.25, 0.3) is 0 Å². The molecule has 1 aromatic carbocycles. The van der Waals surface area contributed by atoms with Crippen LogP contribution in [0.25, 0.3) is 0 Å². The summed E-state index contributed by atoms with van der Waals surface area (Å²) in [5, 5.41) is 2.91. The number of methoxy groups -OCH3 is 1. The molecule has 1 heterocycles. The fraction of sp³-hybridized carbons (Fsp3) is 0.467. The lowest BCUT2D eigenvalue weighted by atomic mass is 10.0. The Morgan fingerprint density at radius 2 is 1.81 bits per heavy atom. The monoisotopic (exact) mass is 292 g/mol. The second-order valence-corrected chi connectivity index (χ2v) is 5.35. The average molecular weight is 292 g/mol. The van der Waals surface area contributed by atoms with E-state index in [1.807, 2.05) is 0 Å². The molecule has 1 aliphatic heterocycles. The molecule has 0 bridgehead atoms. The molecule has 6 heteroatoms. The number of ether oxygens (including phenoxy) is 2. The molecule has 0 aliphatic carbocycles. The van der Waals surface area contributed by atoms with Crippen molar-refractivity contribution in [3.63, 3.8) is 0 Å². The Labute approximate surface area is 124 Å². The van der Waals surface area contributed by atoms with Gasteiger partial charge >= 0.3 is 0 Å². The van der Waals surface area contributed by atoms with Crippen LogP contribution in [0, 0.1) is 0 Å². The molecule has 0 spiro atoms. The SMILES string of the molecule is COc1ccc(OCCN2C(=O)CNC(C)(C)C2=O)cc1. The molecule has 0 saturated carbocycles. The lowest BCUT2D eigenvalue weighted by Gasteiger charge is -2.36. The van der Waals surface area contributed by atoms with Crippen LogP contribution in [-0.2, 0) is 9.59 Å². The van der Waals surface area contributed by atoms with E-state index in [0.717, 1.165) is 5.75 Å². The number of nitrogens with one attached hydrogen (secondary N) is 1. The van der Waals surface area contributed by atoms with Gasteiger partial charge in [0.1, 0.15) is 18.1 Å². The number of nitrogens with zero attached hydrogens (tertiary/aromatic N) is 1. The van der Waals surface area contributed by atoms with E-state index in [-0.39, 0.29) is 31.5 Å². The number of hydrogen-bond donors (Lipinski definition) is 1. The van der Waals surface area contributed by atoms with Gasteiger partial charge in [-0.25, -0.2) is 0 Å². The summed E-state index contributed by atoms with van der Waals surface area (Å²) in [6.07, 6.45) is 0. The fourth-order valence-corrected chi connectivity index (χ4v) is 2.07. The highest BCUT2D eigenvalue weighted by atomic mass is 16.5. The Morgan fingerprint density at radius 1 is 1.19 bits per heavy atom. The second-order valence-electron chi connectivity index (χ2n) is 5.35. The van der Waals surface area contributed by atoms with Crippen LogP contribution in [0.15, 0.2) is 24.3 Å². The molecule has 0 atom stereocenters. The number of benzene rings is 1. The number of piperazine rings is 1. The maximum atomic E-state index is 12.2. The molecule has 6 nitrogen and oxygen atoms in total. The van der Waals surface area contributed by atoms with Crippen LogP contribution in [0.5, 0.6) is 11.5 Å². The van der Waals surface area contributed by atoms with Gasteiger partial charge in [-0.1, -0.05) is 0 Å². The summed E-state index contributed by atoms with van der Waals surface area (Å²) in [6.45, 7) is 4.20. The van der Waals surface area contributed by atoms with E-state index < -0.39 is 5.54 Å². The number of carbonyl (C=O) groups excluding carboxylic acids is 2. The van der Waals surface area contributed by atoms with Crippen molar-refractivity contribution in [2.45, 2.75) is 19.4 Å². The molecule has 1 fully saturated rings. The van der Waals surface area contributed by atoms with Crippen molar-refractivity contribution in [2.75, 3.05) is 26.8 Å². The van der Waals surface area contributed by atoms with E-state index in [9.17, 15) is 9.59 Å². The van der Waals surface area contributed by atoms with Crippen molar-refractivity contribution in [1.29, 1.82) is 0 Å². The number of carbonyl (C=O) groups is 2. The van der Waals surface area contributed by atoms with E-state index in [4.69, 9.17) is 9.47 Å². The predicted octanol–water partition coefficient (Wildman–Crippen LogP) is 0.811. The van der Waals surface area contributed by atoms with Crippen LogP contribution < -0.4 is 14.8 Å². The minimum absolute atomic E-state index is 0.168. The van der Waals surface area contributed by atoms with E-state index in [1.54, 1.807) is 45.2 Å². The first kappa shape index (κ1) is 15.3. The first-order valence-corrected chi connectivity index (χ1v) is 6.81. The quantitative estimate of drug-likeness (QED) is 0.814. The molecule has 1 N–H and O–H groups in total. The molecule has 1 aliphatic rings. The Kier molecular flexibility index (Phi) is 4.47. The van der Waals surface area contributed by atoms with Crippen molar-refractivity contribution in [1.82, 2.24) is 10.2 Å². The number of hydrogen-bond acceptors (Lipinski definition) is 5. The van der Waals surface area contributed by atoms with E-state index >= 15 is 0 Å². The topological polar surface area (TPSA) is 67.9 Å². The third kappa shape index (κ3) is 3.52. The van der Waals surface area contributed by atoms with E-state index in [2.05, 4.69) is 5.32 Å². The van der Waals surface area contributed by atoms with Gasteiger partial charge in [0.2, 0.25) is 11.8 Å². The lowest BCUT2D eigenvalue weighted by Crippen LogP contribution is -2.64. The Bertz CT molecular complexity index is 525. The minimum Gasteiger partial charge on any atom is -0.497 e. The van der Waals surface area contributed by atoms with Gasteiger partial charge in [-0.05, 0) is 38.1 Å². The summed E-state index contributed by atoms with van der Waals surface area (Å²) >= 11 is 0. The lowest BCUT2D eigenvalue weighted by molar-refractivity contribution is -0.152. The van der Waals surface area contributed by atoms with Gasteiger partial charge in [-0.15, -0.1) is 0 Å². The summed E-state index contributed by atoms with van der Waals surface area (Å²) in [7, 11) is 1.60. The van der Waals surface area contributed by atoms with Gasteiger partial charge < -0.3 is 9.47 Å². The highest BCUT2D eigenvalue weighted by Crippen LogP contribution is 2.17. The molecule has 0 unspecified atom stereocenters. The molecule has 0 radical (unpaired) electrons. The minimum atomic E-state index is -0.714. The molecule has 0 aromatic heterocycles. The van der Waals surface area contributed by atoms with E-state index in [0.29, 0.717) is 5.75 Å². The molecule has 21 heavy (non-hydrogen) atoms. The highest BCUT2D eigenvalue weighted by Gasteiger charge is 2.39. The van der Waals surface area contributed by atoms with Gasteiger partial charge in [-0.3, -0.25) is 19.8 Å². The van der Waals surface area contributed by atoms with Crippen LogP contribution in [0.1, 0.15) is 13.8 Å². The third-order valence-corrected chi connectivity index (χ3v) is 3.41. The first-order valence-electron chi connectivity index (χ1n) is 6.81. The van der Waals surface area contributed by atoms with Crippen molar-refractivity contribution < 1.29 is 19.1 Å². The molecule has 1 aromatic rings. The molecular weight excluding hydrogens is 272 g/mol. The zero-order chi connectivity index (χ0) is 15.5. The molecule has 2 rings (SSSR count). The predicted molar refractivity (Wildman–Crippen MR) is 77.3 cm³/mol. The van der Waals surface area contributed by atoms with Crippen LogP contribution >= 0.6 is 0 Å². The molecular formula is C15H20N2O4. The summed E-state index contributed by atoms with van der Waals surface area (Å²) in [4.78, 5) is 25.2. The average Bonchev–Trinajstić information content (AvgIpc) is 2.48. The zero-order valence-corrected chi connectivity index (χ0v) is 12.5. The van der Waals surface area contributed by atoms with Crippen LogP contribution in [0.2, 0.25) is 0 Å². The van der Waals surface area contributed by atoms with Gasteiger partial charge in [-0.2, -0.15) is 0 Å². The number of amides is 2. The smallest absolute Gasteiger partial charge is 0.249 e. The Balaban J connectivity index is 1.89. The molecule has 2 amide bonds. The Hall–Kier alpha value is -2.08. The maximum Gasteiger partial charge on any atom is 0.249 e. The van der Waals surface area contributed by atoms with Crippen molar-refractivity contribution in [3.05, 3.63) is 24.3 Å². The van der Waals surface area contributed by atoms with Gasteiger partial charge in [0.05, 0.1) is 25.7 Å². The maximum absolute atomic E-state index is 12.2. The number of imide groups is 1.